The minimum absolute atomic E-state index is 0.0382. The Morgan fingerprint density at radius 3 is 2.44 bits per heavy atom. The third-order valence-corrected chi connectivity index (χ3v) is 5.14. The fourth-order valence-electron chi connectivity index (χ4n) is 2.28. The van der Waals surface area contributed by atoms with Crippen molar-refractivity contribution in [2.24, 2.45) is 5.41 Å². The predicted octanol–water partition coefficient (Wildman–Crippen LogP) is 3.81. The van der Waals surface area contributed by atoms with Crippen molar-refractivity contribution < 1.29 is 26.7 Å². The molecule has 0 spiro atoms. The molecular formula is C19H31F2NO4S. The van der Waals surface area contributed by atoms with Crippen molar-refractivity contribution in [1.29, 1.82) is 0 Å². The van der Waals surface area contributed by atoms with Crippen LogP contribution >= 0.6 is 0 Å². The fourth-order valence-corrected chi connectivity index (χ4v) is 3.57. The van der Waals surface area contributed by atoms with Crippen LogP contribution in [0.1, 0.15) is 45.7 Å². The van der Waals surface area contributed by atoms with Crippen LogP contribution in [0, 0.1) is 5.41 Å². The van der Waals surface area contributed by atoms with Gasteiger partial charge in [0.2, 0.25) is 10.0 Å². The van der Waals surface area contributed by atoms with Crippen molar-refractivity contribution in [3.05, 3.63) is 29.8 Å². The van der Waals surface area contributed by atoms with E-state index in [1.807, 2.05) is 20.8 Å². The average molecular weight is 408 g/mol. The quantitative estimate of drug-likeness (QED) is 0.535. The second-order valence-corrected chi connectivity index (χ2v) is 9.62. The van der Waals surface area contributed by atoms with E-state index in [-0.39, 0.29) is 11.2 Å². The summed E-state index contributed by atoms with van der Waals surface area (Å²) >= 11 is 0. The van der Waals surface area contributed by atoms with E-state index in [1.54, 1.807) is 31.2 Å². The van der Waals surface area contributed by atoms with Crippen LogP contribution in [0.25, 0.3) is 0 Å². The second kappa shape index (κ2) is 10.9. The molecule has 0 amide bonds. The molecule has 0 aliphatic rings. The Bertz CT molecular complexity index is 658. The first-order valence-electron chi connectivity index (χ1n) is 9.02. The van der Waals surface area contributed by atoms with Crippen LogP contribution in [0.15, 0.2) is 24.3 Å². The van der Waals surface area contributed by atoms with Crippen molar-refractivity contribution >= 4 is 10.0 Å². The summed E-state index contributed by atoms with van der Waals surface area (Å²) in [6.45, 7) is 6.94. The molecule has 0 saturated carbocycles. The Morgan fingerprint density at radius 2 is 1.85 bits per heavy atom. The van der Waals surface area contributed by atoms with Gasteiger partial charge in [0.1, 0.15) is 19.1 Å². The molecule has 0 radical (unpaired) electrons. The number of alkyl halides is 2. The number of benzene rings is 1. The monoisotopic (exact) mass is 407 g/mol. The number of hydrogen-bond donors (Lipinski definition) is 1. The van der Waals surface area contributed by atoms with E-state index >= 15 is 0 Å². The first kappa shape index (κ1) is 23.8. The van der Waals surface area contributed by atoms with Crippen molar-refractivity contribution in [2.45, 2.75) is 46.3 Å². The minimum Gasteiger partial charge on any atom is -0.485 e. The summed E-state index contributed by atoms with van der Waals surface area (Å²) in [7, 11) is -3.48. The average Bonchev–Trinajstić information content (AvgIpc) is 2.58. The maximum atomic E-state index is 12.6. The molecule has 1 rings (SSSR count). The lowest BCUT2D eigenvalue weighted by Crippen LogP contribution is -2.30. The van der Waals surface area contributed by atoms with E-state index < -0.39 is 35.5 Å². The number of halogens is 2. The lowest BCUT2D eigenvalue weighted by atomic mass is 9.99. The van der Waals surface area contributed by atoms with Crippen molar-refractivity contribution in [2.75, 3.05) is 32.3 Å². The normalized spacial score (nSPS) is 13.7. The van der Waals surface area contributed by atoms with E-state index in [0.717, 1.165) is 0 Å². The molecule has 0 aliphatic heterocycles. The topological polar surface area (TPSA) is 64.6 Å². The molecule has 0 heterocycles. The van der Waals surface area contributed by atoms with Gasteiger partial charge in [-0.3, -0.25) is 0 Å². The van der Waals surface area contributed by atoms with E-state index in [4.69, 9.17) is 9.47 Å². The molecule has 0 aliphatic carbocycles. The third kappa shape index (κ3) is 10.0. The van der Waals surface area contributed by atoms with Crippen molar-refractivity contribution in [3.63, 3.8) is 0 Å². The molecule has 1 aromatic carbocycles. The first-order chi connectivity index (χ1) is 12.6. The zero-order chi connectivity index (χ0) is 20.5. The summed E-state index contributed by atoms with van der Waals surface area (Å²) in [5.74, 6) is 0.262. The number of nitrogens with one attached hydrogen (secondary N) is 1. The Kier molecular flexibility index (Phi) is 9.62. The Balaban J connectivity index is 2.55. The largest absolute Gasteiger partial charge is 0.485 e. The minimum atomic E-state index is -3.48. The van der Waals surface area contributed by atoms with Crippen LogP contribution in [0.5, 0.6) is 5.75 Å². The smallest absolute Gasteiger partial charge is 0.212 e. The molecule has 8 heteroatoms. The van der Waals surface area contributed by atoms with Gasteiger partial charge in [-0.15, -0.1) is 0 Å². The fraction of sp³-hybridized carbons (Fsp3) is 0.684. The highest BCUT2D eigenvalue weighted by Crippen LogP contribution is 2.21. The maximum absolute atomic E-state index is 12.6. The Morgan fingerprint density at radius 1 is 1.19 bits per heavy atom. The number of hydrogen-bond acceptors (Lipinski definition) is 4. The summed E-state index contributed by atoms with van der Waals surface area (Å²) < 4.78 is 63.0. The van der Waals surface area contributed by atoms with Gasteiger partial charge < -0.3 is 9.47 Å². The van der Waals surface area contributed by atoms with E-state index in [0.29, 0.717) is 30.9 Å². The van der Waals surface area contributed by atoms with Gasteiger partial charge in [-0.1, -0.05) is 32.9 Å². The Hall–Kier alpha value is -1.25. The Labute approximate surface area is 161 Å². The molecule has 1 N–H and O–H groups in total. The summed E-state index contributed by atoms with van der Waals surface area (Å²) in [5.41, 5.74) is 0.693. The summed E-state index contributed by atoms with van der Waals surface area (Å²) in [5, 5.41) is 0. The highest BCUT2D eigenvalue weighted by molar-refractivity contribution is 7.89. The SMILES string of the molecule is C[C@@H](NS(=O)(=O)CCCOCC(C)(C)C)c1cccc(OC(CF)CF)c1. The first-order valence-corrected chi connectivity index (χ1v) is 10.7. The van der Waals surface area contributed by atoms with E-state index in [2.05, 4.69) is 4.72 Å². The van der Waals surface area contributed by atoms with E-state index in [1.165, 1.54) is 0 Å². The zero-order valence-electron chi connectivity index (χ0n) is 16.5. The zero-order valence-corrected chi connectivity index (χ0v) is 17.3. The van der Waals surface area contributed by atoms with Crippen LogP contribution in [-0.2, 0) is 14.8 Å². The van der Waals surface area contributed by atoms with Crippen LogP contribution in [0.4, 0.5) is 8.78 Å². The van der Waals surface area contributed by atoms with Gasteiger partial charge in [0.15, 0.2) is 6.10 Å². The summed E-state index contributed by atoms with van der Waals surface area (Å²) in [4.78, 5) is 0. The summed E-state index contributed by atoms with van der Waals surface area (Å²) in [6, 6.07) is 6.05. The lowest BCUT2D eigenvalue weighted by molar-refractivity contribution is 0.0720. The molecule has 0 bridgehead atoms. The van der Waals surface area contributed by atoms with Gasteiger partial charge in [-0.2, -0.15) is 0 Å². The van der Waals surface area contributed by atoms with Crippen LogP contribution < -0.4 is 9.46 Å². The van der Waals surface area contributed by atoms with Gasteiger partial charge in [0, 0.05) is 12.6 Å². The third-order valence-electron chi connectivity index (χ3n) is 3.60. The van der Waals surface area contributed by atoms with Crippen LogP contribution in [-0.4, -0.2) is 46.8 Å². The standard InChI is InChI=1S/C19H31F2NO4S/c1-15(16-7-5-8-17(11-16)26-18(12-20)13-21)22-27(23,24)10-6-9-25-14-19(2,3)4/h5,7-8,11,15,18,22H,6,9-10,12-14H2,1-4H3/t15-/m1/s1. The van der Waals surface area contributed by atoms with Gasteiger partial charge in [0.05, 0.1) is 12.4 Å². The number of ether oxygens (including phenoxy) is 2. The number of sulfonamides is 1. The van der Waals surface area contributed by atoms with Crippen molar-refractivity contribution in [1.82, 2.24) is 4.72 Å². The van der Waals surface area contributed by atoms with Gasteiger partial charge in [0.25, 0.3) is 0 Å². The molecule has 1 aromatic rings. The molecule has 156 valence electrons. The molecule has 1 atom stereocenters. The van der Waals surface area contributed by atoms with Crippen LogP contribution in [0.3, 0.4) is 0 Å². The molecular weight excluding hydrogens is 376 g/mol. The number of rotatable bonds is 12. The van der Waals surface area contributed by atoms with Crippen LogP contribution in [0.2, 0.25) is 0 Å². The van der Waals surface area contributed by atoms with Gasteiger partial charge in [-0.05, 0) is 36.5 Å². The molecule has 5 nitrogen and oxygen atoms in total. The van der Waals surface area contributed by atoms with Crippen molar-refractivity contribution in [3.8, 4) is 5.75 Å². The van der Waals surface area contributed by atoms with Gasteiger partial charge >= 0.3 is 0 Å². The highest BCUT2D eigenvalue weighted by Gasteiger charge is 2.17. The molecule has 0 fully saturated rings. The molecule has 0 unspecified atom stereocenters. The lowest BCUT2D eigenvalue weighted by Gasteiger charge is -2.19. The summed E-state index contributed by atoms with van der Waals surface area (Å²) in [6.07, 6.45) is -0.754. The predicted molar refractivity (Wildman–Crippen MR) is 103 cm³/mol. The van der Waals surface area contributed by atoms with E-state index in [9.17, 15) is 17.2 Å². The molecule has 27 heavy (non-hydrogen) atoms. The maximum Gasteiger partial charge on any atom is 0.212 e. The second-order valence-electron chi connectivity index (χ2n) is 7.75. The molecule has 0 aromatic heterocycles. The highest BCUT2D eigenvalue weighted by atomic mass is 32.2. The molecule has 0 saturated heterocycles. The van der Waals surface area contributed by atoms with Gasteiger partial charge in [-0.25, -0.2) is 21.9 Å².